The predicted octanol–water partition coefficient (Wildman–Crippen LogP) is 3.83. The highest BCUT2D eigenvalue weighted by atomic mass is 16.3. The van der Waals surface area contributed by atoms with Gasteiger partial charge in [-0.2, -0.15) is 0 Å². The molecule has 0 spiro atoms. The Hall–Kier alpha value is -2.01. The lowest BCUT2D eigenvalue weighted by Crippen LogP contribution is -2.48. The number of furan rings is 1. The van der Waals surface area contributed by atoms with E-state index in [4.69, 9.17) is 4.42 Å². The van der Waals surface area contributed by atoms with Crippen molar-refractivity contribution in [2.24, 2.45) is 5.92 Å². The molecule has 5 nitrogen and oxygen atoms in total. The molecular formula is C20H29N3O2. The van der Waals surface area contributed by atoms with Crippen LogP contribution in [0, 0.1) is 12.8 Å². The first-order chi connectivity index (χ1) is 12.0. The van der Waals surface area contributed by atoms with E-state index < -0.39 is 0 Å². The Bertz CT molecular complexity index is 730. The first-order valence-electron chi connectivity index (χ1n) is 9.19. The number of fused-ring (bicyclic) bond motifs is 1. The Balaban J connectivity index is 1.72. The molecule has 1 fully saturated rings. The summed E-state index contributed by atoms with van der Waals surface area (Å²) in [5.74, 6) is 1.09. The molecule has 1 atom stereocenters. The number of amides is 2. The van der Waals surface area contributed by atoms with Gasteiger partial charge >= 0.3 is 6.03 Å². The van der Waals surface area contributed by atoms with Crippen molar-refractivity contribution >= 4 is 17.0 Å². The van der Waals surface area contributed by atoms with Crippen molar-refractivity contribution in [2.75, 3.05) is 20.1 Å². The minimum atomic E-state index is -0.140. The van der Waals surface area contributed by atoms with Crippen LogP contribution in [0.2, 0.25) is 0 Å². The molecule has 0 unspecified atom stereocenters. The van der Waals surface area contributed by atoms with Gasteiger partial charge in [0.1, 0.15) is 11.3 Å². The van der Waals surface area contributed by atoms with E-state index in [2.05, 4.69) is 49.4 Å². The van der Waals surface area contributed by atoms with Gasteiger partial charge < -0.3 is 20.0 Å². The lowest BCUT2D eigenvalue weighted by molar-refractivity contribution is 0.207. The molecule has 1 saturated heterocycles. The highest BCUT2D eigenvalue weighted by Crippen LogP contribution is 2.32. The number of carbonyl (C=O) groups excluding carboxylic acids is 1. The zero-order valence-electron chi connectivity index (χ0n) is 15.6. The molecule has 1 aliphatic heterocycles. The summed E-state index contributed by atoms with van der Waals surface area (Å²) in [6.07, 6.45) is 2.00. The topological polar surface area (TPSA) is 57.5 Å². The molecular weight excluding hydrogens is 314 g/mol. The molecule has 3 rings (SSSR count). The van der Waals surface area contributed by atoms with E-state index in [9.17, 15) is 4.79 Å². The molecule has 0 bridgehead atoms. The van der Waals surface area contributed by atoms with E-state index in [1.54, 1.807) is 0 Å². The van der Waals surface area contributed by atoms with Gasteiger partial charge in [0.25, 0.3) is 0 Å². The number of likely N-dealkylation sites (tertiary alicyclic amines) is 1. The number of para-hydroxylation sites is 1. The highest BCUT2D eigenvalue weighted by molar-refractivity contribution is 5.82. The number of hydrogen-bond acceptors (Lipinski definition) is 3. The average Bonchev–Trinajstić information content (AvgIpc) is 2.91. The van der Waals surface area contributed by atoms with Crippen LogP contribution in [0.25, 0.3) is 11.0 Å². The lowest BCUT2D eigenvalue weighted by Gasteiger charge is -2.30. The summed E-state index contributed by atoms with van der Waals surface area (Å²) < 4.78 is 6.08. The molecule has 2 N–H and O–H groups in total. The van der Waals surface area contributed by atoms with Crippen LogP contribution in [0.1, 0.15) is 44.1 Å². The van der Waals surface area contributed by atoms with E-state index in [1.807, 2.05) is 18.2 Å². The van der Waals surface area contributed by atoms with Gasteiger partial charge in [-0.1, -0.05) is 32.0 Å². The van der Waals surface area contributed by atoms with Crippen molar-refractivity contribution in [2.45, 2.75) is 45.7 Å². The number of urea groups is 1. The number of nitrogens with zero attached hydrogens (tertiary/aromatic N) is 1. The molecule has 0 aliphatic carbocycles. The summed E-state index contributed by atoms with van der Waals surface area (Å²) in [4.78, 5) is 14.8. The third-order valence-corrected chi connectivity index (χ3v) is 5.17. The Morgan fingerprint density at radius 2 is 1.92 bits per heavy atom. The highest BCUT2D eigenvalue weighted by Gasteiger charge is 2.26. The van der Waals surface area contributed by atoms with Gasteiger partial charge in [0.05, 0.1) is 6.04 Å². The first kappa shape index (κ1) is 17.8. The van der Waals surface area contributed by atoms with Crippen LogP contribution in [-0.2, 0) is 0 Å². The molecule has 0 saturated carbocycles. The average molecular weight is 343 g/mol. The van der Waals surface area contributed by atoms with E-state index in [1.165, 1.54) is 0 Å². The van der Waals surface area contributed by atoms with Crippen LogP contribution >= 0.6 is 0 Å². The van der Waals surface area contributed by atoms with E-state index in [0.717, 1.165) is 48.2 Å². The summed E-state index contributed by atoms with van der Waals surface area (Å²) in [5.41, 5.74) is 1.98. The number of nitrogens with one attached hydrogen (secondary N) is 2. The van der Waals surface area contributed by atoms with Crippen LogP contribution in [0.4, 0.5) is 4.79 Å². The Morgan fingerprint density at radius 3 is 2.56 bits per heavy atom. The SMILES string of the molecule is Cc1c([C@H](NC(=O)NC2CCN(C)CC2)C(C)C)oc2ccccc12. The number of piperidine rings is 1. The maximum absolute atomic E-state index is 12.5. The lowest BCUT2D eigenvalue weighted by atomic mass is 9.98. The molecule has 1 aromatic heterocycles. The van der Waals surface area contributed by atoms with E-state index >= 15 is 0 Å². The van der Waals surface area contributed by atoms with Crippen LogP contribution in [0.3, 0.4) is 0 Å². The van der Waals surface area contributed by atoms with Crippen LogP contribution < -0.4 is 10.6 Å². The summed E-state index contributed by atoms with van der Waals surface area (Å²) in [6, 6.07) is 8.03. The van der Waals surface area contributed by atoms with E-state index in [-0.39, 0.29) is 24.0 Å². The van der Waals surface area contributed by atoms with Crippen molar-refractivity contribution < 1.29 is 9.21 Å². The maximum atomic E-state index is 12.5. The molecule has 1 aliphatic rings. The van der Waals surface area contributed by atoms with Gasteiger partial charge in [0.2, 0.25) is 0 Å². The van der Waals surface area contributed by atoms with Gasteiger partial charge in [-0.3, -0.25) is 0 Å². The second-order valence-corrected chi connectivity index (χ2v) is 7.50. The molecule has 2 aromatic rings. The van der Waals surface area contributed by atoms with Crippen LogP contribution in [0.5, 0.6) is 0 Å². The Kier molecular flexibility index (Phi) is 5.33. The van der Waals surface area contributed by atoms with Crippen LogP contribution in [-0.4, -0.2) is 37.1 Å². The monoisotopic (exact) mass is 343 g/mol. The van der Waals surface area contributed by atoms with Gasteiger partial charge in [-0.25, -0.2) is 4.79 Å². The third kappa shape index (κ3) is 3.98. The number of hydrogen-bond donors (Lipinski definition) is 2. The number of carbonyl (C=O) groups is 1. The fourth-order valence-corrected chi connectivity index (χ4v) is 3.55. The minimum absolute atomic E-state index is 0.104. The van der Waals surface area contributed by atoms with Crippen molar-refractivity contribution in [3.63, 3.8) is 0 Å². The van der Waals surface area contributed by atoms with Crippen molar-refractivity contribution in [3.05, 3.63) is 35.6 Å². The summed E-state index contributed by atoms with van der Waals surface area (Å²) in [6.45, 7) is 8.33. The fraction of sp³-hybridized carbons (Fsp3) is 0.550. The third-order valence-electron chi connectivity index (χ3n) is 5.17. The maximum Gasteiger partial charge on any atom is 0.315 e. The van der Waals surface area contributed by atoms with Crippen molar-refractivity contribution in [3.8, 4) is 0 Å². The number of benzene rings is 1. The van der Waals surface area contributed by atoms with Gasteiger partial charge in [0.15, 0.2) is 0 Å². The number of rotatable bonds is 4. The van der Waals surface area contributed by atoms with Crippen LogP contribution in [0.15, 0.2) is 28.7 Å². The Morgan fingerprint density at radius 1 is 1.24 bits per heavy atom. The second-order valence-electron chi connectivity index (χ2n) is 7.50. The predicted molar refractivity (Wildman–Crippen MR) is 101 cm³/mol. The normalized spacial score (nSPS) is 17.8. The fourth-order valence-electron chi connectivity index (χ4n) is 3.55. The molecule has 5 heteroatoms. The van der Waals surface area contributed by atoms with E-state index in [0.29, 0.717) is 0 Å². The smallest absolute Gasteiger partial charge is 0.315 e. The molecule has 2 heterocycles. The standard InChI is InChI=1S/C20H29N3O2/c1-13(2)18(19-14(3)16-7-5-6-8-17(16)25-19)22-20(24)21-15-9-11-23(4)12-10-15/h5-8,13,15,18H,9-12H2,1-4H3,(H2,21,22,24)/t18-/m1/s1. The molecule has 25 heavy (non-hydrogen) atoms. The van der Waals surface area contributed by atoms with Gasteiger partial charge in [0, 0.05) is 17.0 Å². The van der Waals surface area contributed by atoms with Crippen molar-refractivity contribution in [1.29, 1.82) is 0 Å². The molecule has 2 amide bonds. The first-order valence-corrected chi connectivity index (χ1v) is 9.19. The number of aryl methyl sites for hydroxylation is 1. The minimum Gasteiger partial charge on any atom is -0.459 e. The quantitative estimate of drug-likeness (QED) is 0.887. The second kappa shape index (κ2) is 7.48. The molecule has 1 aromatic carbocycles. The summed E-state index contributed by atoms with van der Waals surface area (Å²) >= 11 is 0. The Labute approximate surface area is 149 Å². The largest absolute Gasteiger partial charge is 0.459 e. The molecule has 0 radical (unpaired) electrons. The van der Waals surface area contributed by atoms with Gasteiger partial charge in [-0.05, 0) is 51.9 Å². The van der Waals surface area contributed by atoms with Gasteiger partial charge in [-0.15, -0.1) is 0 Å². The molecule has 136 valence electrons. The summed E-state index contributed by atoms with van der Waals surface area (Å²) in [5, 5.41) is 7.38. The summed E-state index contributed by atoms with van der Waals surface area (Å²) in [7, 11) is 2.12. The zero-order chi connectivity index (χ0) is 18.0. The van der Waals surface area contributed by atoms with Crippen molar-refractivity contribution in [1.82, 2.24) is 15.5 Å². The zero-order valence-corrected chi connectivity index (χ0v) is 15.6.